The molecule has 1 heterocycles. The van der Waals surface area contributed by atoms with Gasteiger partial charge in [0.15, 0.2) is 0 Å². The summed E-state index contributed by atoms with van der Waals surface area (Å²) in [5.41, 5.74) is 0.958. The van der Waals surface area contributed by atoms with Crippen LogP contribution in [0.5, 0.6) is 0 Å². The zero-order chi connectivity index (χ0) is 10.8. The molecule has 0 bridgehead atoms. The minimum Gasteiger partial charge on any atom is -0.264 e. The first-order valence-corrected chi connectivity index (χ1v) is 4.65. The predicted octanol–water partition coefficient (Wildman–Crippen LogP) is 2.66. The van der Waals surface area contributed by atoms with E-state index in [-0.39, 0.29) is 5.41 Å². The van der Waals surface area contributed by atoms with Gasteiger partial charge in [0.2, 0.25) is 0 Å². The Balaban J connectivity index is 2.87. The van der Waals surface area contributed by atoms with Gasteiger partial charge in [0.05, 0.1) is 6.20 Å². The average molecular weight is 202 g/mol. The molecule has 0 saturated heterocycles. The molecule has 0 aliphatic carbocycles. The van der Waals surface area contributed by atoms with Crippen molar-refractivity contribution in [3.8, 4) is 0 Å². The van der Waals surface area contributed by atoms with Gasteiger partial charge in [-0.3, -0.25) is 4.68 Å². The molecule has 4 heteroatoms. The Morgan fingerprint density at radius 3 is 2.29 bits per heavy atom. The number of alkyl halides is 2. The first kappa shape index (κ1) is 11.1. The fourth-order valence-corrected chi connectivity index (χ4v) is 1.11. The summed E-state index contributed by atoms with van der Waals surface area (Å²) in [4.78, 5) is 0. The molecule has 0 atom stereocenters. The van der Waals surface area contributed by atoms with Crippen LogP contribution in [-0.4, -0.2) is 23.1 Å². The number of aromatic nitrogens is 2. The van der Waals surface area contributed by atoms with Crippen LogP contribution in [-0.2, 0) is 5.41 Å². The van der Waals surface area contributed by atoms with Crippen LogP contribution in [0.1, 0.15) is 32.4 Å². The third kappa shape index (κ3) is 2.30. The van der Waals surface area contributed by atoms with E-state index in [0.29, 0.717) is 0 Å². The normalized spacial score (nSPS) is 12.4. The van der Waals surface area contributed by atoms with Gasteiger partial charge >= 0.3 is 0 Å². The van der Waals surface area contributed by atoms with Crippen molar-refractivity contribution >= 4 is 0 Å². The lowest BCUT2D eigenvalue weighted by atomic mass is 9.90. The van der Waals surface area contributed by atoms with Crippen LogP contribution in [0.4, 0.5) is 8.78 Å². The maximum Gasteiger partial charge on any atom is 0.114 e. The Morgan fingerprint density at radius 2 is 1.93 bits per heavy atom. The summed E-state index contributed by atoms with van der Waals surface area (Å²) in [5, 5.41) is 3.96. The van der Waals surface area contributed by atoms with Crippen molar-refractivity contribution in [2.75, 3.05) is 13.3 Å². The monoisotopic (exact) mass is 202 g/mol. The van der Waals surface area contributed by atoms with E-state index in [2.05, 4.69) is 5.10 Å². The second-order valence-corrected chi connectivity index (χ2v) is 4.42. The minimum atomic E-state index is -0.772. The summed E-state index contributed by atoms with van der Waals surface area (Å²) in [6.45, 7) is 4.67. The van der Waals surface area contributed by atoms with Crippen molar-refractivity contribution in [1.29, 1.82) is 0 Å². The molecule has 0 spiro atoms. The molecule has 2 nitrogen and oxygen atoms in total. The van der Waals surface area contributed by atoms with Gasteiger partial charge in [-0.15, -0.1) is 0 Å². The summed E-state index contributed by atoms with van der Waals surface area (Å²) in [5.74, 6) is 0. The number of rotatable bonds is 3. The van der Waals surface area contributed by atoms with Crippen molar-refractivity contribution in [3.05, 3.63) is 18.0 Å². The van der Waals surface area contributed by atoms with E-state index in [0.717, 1.165) is 5.56 Å². The molecular weight excluding hydrogens is 186 g/mol. The van der Waals surface area contributed by atoms with Crippen molar-refractivity contribution in [1.82, 2.24) is 9.78 Å². The van der Waals surface area contributed by atoms with E-state index in [9.17, 15) is 8.78 Å². The highest BCUT2D eigenvalue weighted by molar-refractivity contribution is 5.15. The lowest BCUT2D eigenvalue weighted by Crippen LogP contribution is -2.14. The Morgan fingerprint density at radius 1 is 1.36 bits per heavy atom. The number of hydrogen-bond donors (Lipinski definition) is 0. The molecule has 0 fully saturated rings. The second-order valence-electron chi connectivity index (χ2n) is 4.42. The third-order valence-corrected chi connectivity index (χ3v) is 2.20. The van der Waals surface area contributed by atoms with Crippen LogP contribution in [0.25, 0.3) is 0 Å². The molecule has 80 valence electrons. The molecule has 1 rings (SSSR count). The molecule has 0 radical (unpaired) electrons. The van der Waals surface area contributed by atoms with Crippen LogP contribution in [0.15, 0.2) is 12.4 Å². The van der Waals surface area contributed by atoms with E-state index in [1.807, 2.05) is 20.8 Å². The number of halogens is 2. The topological polar surface area (TPSA) is 17.8 Å². The molecule has 0 aliphatic rings. The first-order valence-electron chi connectivity index (χ1n) is 4.65. The van der Waals surface area contributed by atoms with Gasteiger partial charge in [-0.05, 0) is 11.0 Å². The number of nitrogens with zero attached hydrogens (tertiary/aromatic N) is 2. The standard InChI is InChI=1S/C10H16F2N2/c1-10(2,3)8-6-13-14(7-8)9(4-11)5-12/h6-7,9H,4-5H2,1-3H3. The Kier molecular flexibility index (Phi) is 3.24. The molecule has 1 aromatic heterocycles. The summed E-state index contributed by atoms with van der Waals surface area (Å²) >= 11 is 0. The van der Waals surface area contributed by atoms with Gasteiger partial charge in [-0.25, -0.2) is 8.78 Å². The van der Waals surface area contributed by atoms with Crippen LogP contribution in [0, 0.1) is 0 Å². The van der Waals surface area contributed by atoms with Crippen molar-refractivity contribution in [3.63, 3.8) is 0 Å². The van der Waals surface area contributed by atoms with E-state index in [1.165, 1.54) is 4.68 Å². The molecule has 0 amide bonds. The fraction of sp³-hybridized carbons (Fsp3) is 0.700. The minimum absolute atomic E-state index is 0.0323. The smallest absolute Gasteiger partial charge is 0.114 e. The first-order chi connectivity index (χ1) is 6.49. The third-order valence-electron chi connectivity index (χ3n) is 2.20. The lowest BCUT2D eigenvalue weighted by molar-refractivity contribution is 0.272. The van der Waals surface area contributed by atoms with E-state index < -0.39 is 19.4 Å². The quantitative estimate of drug-likeness (QED) is 0.736. The Hall–Kier alpha value is -0.930. The number of hydrogen-bond acceptors (Lipinski definition) is 1. The second kappa shape index (κ2) is 4.07. The summed E-state index contributed by atoms with van der Waals surface area (Å²) < 4.78 is 26.1. The fourth-order valence-electron chi connectivity index (χ4n) is 1.11. The molecule has 0 unspecified atom stereocenters. The maximum atomic E-state index is 12.3. The zero-order valence-electron chi connectivity index (χ0n) is 8.80. The molecule has 0 N–H and O–H groups in total. The summed E-state index contributed by atoms with van der Waals surface area (Å²) in [7, 11) is 0. The van der Waals surface area contributed by atoms with Gasteiger partial charge in [-0.2, -0.15) is 5.10 Å². The summed E-state index contributed by atoms with van der Waals surface area (Å²) in [6, 6.07) is -0.772. The van der Waals surface area contributed by atoms with E-state index in [4.69, 9.17) is 0 Å². The van der Waals surface area contributed by atoms with Gasteiger partial charge < -0.3 is 0 Å². The van der Waals surface area contributed by atoms with Gasteiger partial charge in [0, 0.05) is 6.20 Å². The molecular formula is C10H16F2N2. The maximum absolute atomic E-state index is 12.3. The van der Waals surface area contributed by atoms with Gasteiger partial charge in [0.25, 0.3) is 0 Å². The van der Waals surface area contributed by atoms with Gasteiger partial charge in [-0.1, -0.05) is 20.8 Å². The van der Waals surface area contributed by atoms with E-state index >= 15 is 0 Å². The average Bonchev–Trinajstić information content (AvgIpc) is 2.54. The molecule has 0 saturated carbocycles. The lowest BCUT2D eigenvalue weighted by Gasteiger charge is -2.15. The molecule has 14 heavy (non-hydrogen) atoms. The van der Waals surface area contributed by atoms with Crippen LogP contribution in [0.2, 0.25) is 0 Å². The predicted molar refractivity (Wildman–Crippen MR) is 51.9 cm³/mol. The van der Waals surface area contributed by atoms with Crippen molar-refractivity contribution in [2.45, 2.75) is 32.2 Å². The highest BCUT2D eigenvalue weighted by atomic mass is 19.1. The van der Waals surface area contributed by atoms with E-state index in [1.54, 1.807) is 12.4 Å². The molecule has 0 aromatic carbocycles. The Bertz CT molecular complexity index is 285. The summed E-state index contributed by atoms with van der Waals surface area (Å²) in [6.07, 6.45) is 3.38. The van der Waals surface area contributed by atoms with Gasteiger partial charge in [0.1, 0.15) is 19.4 Å². The van der Waals surface area contributed by atoms with Crippen LogP contribution in [0.3, 0.4) is 0 Å². The molecule has 0 aliphatic heterocycles. The molecule has 1 aromatic rings. The highest BCUT2D eigenvalue weighted by Crippen LogP contribution is 2.22. The highest BCUT2D eigenvalue weighted by Gasteiger charge is 2.18. The Labute approximate surface area is 82.9 Å². The van der Waals surface area contributed by atoms with Crippen LogP contribution >= 0.6 is 0 Å². The van der Waals surface area contributed by atoms with Crippen molar-refractivity contribution in [2.24, 2.45) is 0 Å². The van der Waals surface area contributed by atoms with Crippen LogP contribution < -0.4 is 0 Å². The SMILES string of the molecule is CC(C)(C)c1cnn(C(CF)CF)c1. The van der Waals surface area contributed by atoms with Crippen molar-refractivity contribution < 1.29 is 8.78 Å². The zero-order valence-corrected chi connectivity index (χ0v) is 8.80. The largest absolute Gasteiger partial charge is 0.264 e.